The molecule has 0 spiro atoms. The number of halogens is 1. The standard InChI is InChI=1S/C20H29ClO3Si/c1-8-9-10-17(24-25(6,7)20(2,3)4)18(19(22)23-5)15-11-13-16(21)14-12-15/h8-14,17-18H,1H2,2-7H3/b10-9+/t17-,18+/m0/s1. The van der Waals surface area contributed by atoms with Gasteiger partial charge in [0.25, 0.3) is 0 Å². The van der Waals surface area contributed by atoms with Gasteiger partial charge in [-0.2, -0.15) is 0 Å². The highest BCUT2D eigenvalue weighted by Crippen LogP contribution is 2.39. The van der Waals surface area contributed by atoms with Crippen LogP contribution in [0, 0.1) is 0 Å². The minimum absolute atomic E-state index is 0.0218. The first kappa shape index (κ1) is 21.7. The van der Waals surface area contributed by atoms with E-state index in [-0.39, 0.29) is 11.0 Å². The maximum atomic E-state index is 12.6. The van der Waals surface area contributed by atoms with Crippen molar-refractivity contribution in [3.63, 3.8) is 0 Å². The summed E-state index contributed by atoms with van der Waals surface area (Å²) in [6.45, 7) is 14.6. The third-order valence-corrected chi connectivity index (χ3v) is 9.41. The Labute approximate surface area is 157 Å². The lowest BCUT2D eigenvalue weighted by molar-refractivity contribution is -0.144. The van der Waals surface area contributed by atoms with E-state index in [9.17, 15) is 4.79 Å². The second-order valence-corrected chi connectivity index (χ2v) is 12.7. The number of ether oxygens (including phenoxy) is 1. The van der Waals surface area contributed by atoms with Gasteiger partial charge in [-0.3, -0.25) is 4.79 Å². The van der Waals surface area contributed by atoms with Gasteiger partial charge in [0.1, 0.15) is 5.92 Å². The predicted molar refractivity (Wildman–Crippen MR) is 108 cm³/mol. The van der Waals surface area contributed by atoms with Gasteiger partial charge in [-0.1, -0.05) is 69.3 Å². The first-order valence-corrected chi connectivity index (χ1v) is 11.6. The third kappa shape index (κ3) is 5.84. The average molecular weight is 381 g/mol. The fraction of sp³-hybridized carbons (Fsp3) is 0.450. The van der Waals surface area contributed by atoms with Crippen LogP contribution in [0.2, 0.25) is 23.2 Å². The van der Waals surface area contributed by atoms with Gasteiger partial charge in [0.05, 0.1) is 13.2 Å². The quantitative estimate of drug-likeness (QED) is 0.344. The van der Waals surface area contributed by atoms with Crippen LogP contribution < -0.4 is 0 Å². The van der Waals surface area contributed by atoms with Crippen molar-refractivity contribution in [1.82, 2.24) is 0 Å². The highest BCUT2D eigenvalue weighted by molar-refractivity contribution is 6.74. The van der Waals surface area contributed by atoms with Crippen LogP contribution in [0.15, 0.2) is 49.1 Å². The van der Waals surface area contributed by atoms with Crippen LogP contribution in [0.25, 0.3) is 0 Å². The fourth-order valence-electron chi connectivity index (χ4n) is 2.18. The highest BCUT2D eigenvalue weighted by Gasteiger charge is 2.42. The number of esters is 1. The van der Waals surface area contributed by atoms with E-state index in [0.29, 0.717) is 5.02 Å². The summed E-state index contributed by atoms with van der Waals surface area (Å²) in [5.74, 6) is -0.896. The number of allylic oxidation sites excluding steroid dienone is 2. The molecule has 0 aliphatic rings. The number of carbonyl (C=O) groups excluding carboxylic acids is 1. The summed E-state index contributed by atoms with van der Waals surface area (Å²) < 4.78 is 11.6. The molecule has 0 amide bonds. The van der Waals surface area contributed by atoms with Gasteiger partial charge in [-0.15, -0.1) is 0 Å². The Morgan fingerprint density at radius 2 is 1.80 bits per heavy atom. The lowest BCUT2D eigenvalue weighted by Gasteiger charge is -2.40. The van der Waals surface area contributed by atoms with Crippen molar-refractivity contribution >= 4 is 25.9 Å². The van der Waals surface area contributed by atoms with Crippen LogP contribution >= 0.6 is 11.6 Å². The molecule has 0 heterocycles. The Balaban J connectivity index is 3.34. The zero-order valence-electron chi connectivity index (χ0n) is 16.0. The molecule has 1 aromatic carbocycles. The Bertz CT molecular complexity index is 615. The van der Waals surface area contributed by atoms with Crippen LogP contribution in [0.4, 0.5) is 0 Å². The molecule has 0 fully saturated rings. The molecule has 0 aliphatic carbocycles. The molecule has 0 unspecified atom stereocenters. The molecule has 2 atom stereocenters. The van der Waals surface area contributed by atoms with E-state index in [2.05, 4.69) is 40.4 Å². The van der Waals surface area contributed by atoms with Crippen LogP contribution in [0.5, 0.6) is 0 Å². The maximum Gasteiger partial charge on any atom is 0.316 e. The van der Waals surface area contributed by atoms with E-state index in [1.54, 1.807) is 18.2 Å². The molecule has 0 saturated carbocycles. The zero-order chi connectivity index (χ0) is 19.3. The molecule has 0 N–H and O–H groups in total. The molecule has 0 bridgehead atoms. The van der Waals surface area contributed by atoms with Crippen molar-refractivity contribution < 1.29 is 14.0 Å². The first-order chi connectivity index (χ1) is 11.5. The summed E-state index contributed by atoms with van der Waals surface area (Å²) in [5, 5.41) is 0.643. The van der Waals surface area contributed by atoms with Gasteiger partial charge >= 0.3 is 5.97 Å². The molecule has 0 aromatic heterocycles. The zero-order valence-corrected chi connectivity index (χ0v) is 17.8. The molecular formula is C20H29ClO3Si. The summed E-state index contributed by atoms with van der Waals surface area (Å²) in [4.78, 5) is 12.6. The summed E-state index contributed by atoms with van der Waals surface area (Å²) >= 11 is 5.99. The van der Waals surface area contributed by atoms with Crippen molar-refractivity contribution in [2.24, 2.45) is 0 Å². The predicted octanol–water partition coefficient (Wildman–Crippen LogP) is 5.73. The topological polar surface area (TPSA) is 35.5 Å². The van der Waals surface area contributed by atoms with Gasteiger partial charge in [-0.05, 0) is 35.8 Å². The number of carbonyl (C=O) groups is 1. The van der Waals surface area contributed by atoms with Crippen molar-refractivity contribution in [3.8, 4) is 0 Å². The second kappa shape index (κ2) is 8.83. The van der Waals surface area contributed by atoms with Crippen LogP contribution in [0.3, 0.4) is 0 Å². The Hall–Kier alpha value is -1.36. The minimum atomic E-state index is -2.10. The van der Waals surface area contributed by atoms with E-state index in [4.69, 9.17) is 20.8 Å². The monoisotopic (exact) mass is 380 g/mol. The van der Waals surface area contributed by atoms with E-state index in [0.717, 1.165) is 5.56 Å². The van der Waals surface area contributed by atoms with Gasteiger partial charge < -0.3 is 9.16 Å². The molecule has 1 rings (SSSR count). The fourth-order valence-corrected chi connectivity index (χ4v) is 3.56. The number of benzene rings is 1. The lowest BCUT2D eigenvalue weighted by atomic mass is 9.93. The van der Waals surface area contributed by atoms with Crippen LogP contribution in [-0.2, 0) is 14.0 Å². The van der Waals surface area contributed by atoms with Crippen molar-refractivity contribution in [2.45, 2.75) is 50.9 Å². The van der Waals surface area contributed by atoms with Gasteiger partial charge in [0.2, 0.25) is 0 Å². The molecular weight excluding hydrogens is 352 g/mol. The second-order valence-electron chi connectivity index (χ2n) is 7.52. The van der Waals surface area contributed by atoms with Gasteiger partial charge in [-0.25, -0.2) is 0 Å². The van der Waals surface area contributed by atoms with Crippen molar-refractivity contribution in [3.05, 3.63) is 59.7 Å². The van der Waals surface area contributed by atoms with Gasteiger partial charge in [0.15, 0.2) is 8.32 Å². The minimum Gasteiger partial charge on any atom is -0.468 e. The smallest absolute Gasteiger partial charge is 0.316 e. The molecule has 138 valence electrons. The summed E-state index contributed by atoms with van der Waals surface area (Å²) in [5.41, 5.74) is 0.814. The summed E-state index contributed by atoms with van der Waals surface area (Å²) in [6, 6.07) is 7.22. The molecule has 0 saturated heterocycles. The molecule has 3 nitrogen and oxygen atoms in total. The normalized spacial score (nSPS) is 15.0. The highest BCUT2D eigenvalue weighted by atomic mass is 35.5. The number of hydrogen-bond donors (Lipinski definition) is 0. The first-order valence-electron chi connectivity index (χ1n) is 8.34. The largest absolute Gasteiger partial charge is 0.468 e. The molecule has 5 heteroatoms. The average Bonchev–Trinajstić information content (AvgIpc) is 2.52. The van der Waals surface area contributed by atoms with Crippen molar-refractivity contribution in [2.75, 3.05) is 7.11 Å². The number of rotatable bonds is 7. The Morgan fingerprint density at radius 3 is 2.24 bits per heavy atom. The SMILES string of the molecule is C=C/C=C/[C@H](O[Si](C)(C)C(C)(C)C)[C@H](C(=O)OC)c1ccc(Cl)cc1. The number of hydrogen-bond acceptors (Lipinski definition) is 3. The Morgan fingerprint density at radius 1 is 1.24 bits per heavy atom. The molecule has 0 aliphatic heterocycles. The van der Waals surface area contributed by atoms with Gasteiger partial charge in [0, 0.05) is 5.02 Å². The molecule has 0 radical (unpaired) electrons. The van der Waals surface area contributed by atoms with E-state index < -0.39 is 20.3 Å². The van der Waals surface area contributed by atoms with E-state index in [1.807, 2.05) is 24.3 Å². The maximum absolute atomic E-state index is 12.6. The van der Waals surface area contributed by atoms with E-state index in [1.165, 1.54) is 7.11 Å². The van der Waals surface area contributed by atoms with Crippen LogP contribution in [-0.4, -0.2) is 27.5 Å². The van der Waals surface area contributed by atoms with Crippen LogP contribution in [0.1, 0.15) is 32.3 Å². The summed E-state index contributed by atoms with van der Waals surface area (Å²) in [6.07, 6.45) is 4.93. The van der Waals surface area contributed by atoms with Crippen molar-refractivity contribution in [1.29, 1.82) is 0 Å². The molecule has 1 aromatic rings. The lowest BCUT2D eigenvalue weighted by Crippen LogP contribution is -2.46. The summed E-state index contributed by atoms with van der Waals surface area (Å²) in [7, 11) is -0.708. The van der Waals surface area contributed by atoms with E-state index >= 15 is 0 Å². The number of methoxy groups -OCH3 is 1. The third-order valence-electron chi connectivity index (χ3n) is 4.69. The Kier molecular flexibility index (Phi) is 7.66. The molecule has 25 heavy (non-hydrogen) atoms.